The molecule has 4 atom stereocenters. The second-order valence-corrected chi connectivity index (χ2v) is 9.61. The van der Waals surface area contributed by atoms with Crippen LogP contribution in [0.15, 0.2) is 60.0 Å². The topological polar surface area (TPSA) is 97.3 Å². The van der Waals surface area contributed by atoms with E-state index >= 15 is 0 Å². The van der Waals surface area contributed by atoms with Crippen molar-refractivity contribution in [3.8, 4) is 0 Å². The number of aromatic nitrogens is 4. The van der Waals surface area contributed by atoms with Crippen molar-refractivity contribution in [2.45, 2.75) is 49.1 Å². The molecule has 0 aliphatic carbocycles. The number of ether oxygens (including phenoxy) is 3. The van der Waals surface area contributed by atoms with Crippen LogP contribution in [-0.4, -0.2) is 49.4 Å². The average molecular weight is 450 g/mol. The van der Waals surface area contributed by atoms with Gasteiger partial charge in [0.15, 0.2) is 12.0 Å². The number of pyridine rings is 1. The van der Waals surface area contributed by atoms with Gasteiger partial charge in [-0.25, -0.2) is 9.97 Å². The Hall–Kier alpha value is -2.72. The van der Waals surface area contributed by atoms with E-state index in [0.29, 0.717) is 5.82 Å². The molecule has 0 spiro atoms. The summed E-state index contributed by atoms with van der Waals surface area (Å²) in [5, 5.41) is 1.93. The first kappa shape index (κ1) is 19.9. The number of fused-ring (bicyclic) bond motifs is 3. The number of nitrogens with zero attached hydrogens (tertiary/aromatic N) is 4. The highest BCUT2D eigenvalue weighted by atomic mass is 32.2. The van der Waals surface area contributed by atoms with Crippen LogP contribution in [0, 0.1) is 0 Å². The van der Waals surface area contributed by atoms with Gasteiger partial charge in [-0.05, 0) is 38.1 Å². The highest BCUT2D eigenvalue weighted by Gasteiger charge is 2.55. The molecule has 6 rings (SSSR count). The van der Waals surface area contributed by atoms with Crippen LogP contribution in [0.3, 0.4) is 0 Å². The maximum absolute atomic E-state index is 6.50. The molecule has 9 heteroatoms. The third-order valence-corrected chi connectivity index (χ3v) is 7.01. The lowest BCUT2D eigenvalue weighted by Crippen LogP contribution is -2.31. The summed E-state index contributed by atoms with van der Waals surface area (Å²) >= 11 is 1.73. The van der Waals surface area contributed by atoms with Gasteiger partial charge in [-0.15, -0.1) is 11.8 Å². The highest BCUT2D eigenvalue weighted by molar-refractivity contribution is 7.99. The fraction of sp³-hybridized carbons (Fsp3) is 0.348. The van der Waals surface area contributed by atoms with Crippen LogP contribution in [-0.2, 0) is 14.2 Å². The van der Waals surface area contributed by atoms with Crippen LogP contribution in [0.4, 0.5) is 5.82 Å². The molecule has 2 aliphatic rings. The fourth-order valence-corrected chi connectivity index (χ4v) is 5.51. The summed E-state index contributed by atoms with van der Waals surface area (Å²) in [7, 11) is 0. The van der Waals surface area contributed by atoms with Crippen molar-refractivity contribution in [1.82, 2.24) is 19.5 Å². The van der Waals surface area contributed by atoms with Gasteiger partial charge in [0.1, 0.15) is 30.0 Å². The molecule has 8 nitrogen and oxygen atoms in total. The van der Waals surface area contributed by atoms with Crippen LogP contribution >= 0.6 is 11.8 Å². The van der Waals surface area contributed by atoms with Crippen LogP contribution in [0.1, 0.15) is 20.1 Å². The lowest BCUT2D eigenvalue weighted by atomic mass is 10.1. The maximum atomic E-state index is 6.50. The van der Waals surface area contributed by atoms with Crippen LogP contribution in [0.2, 0.25) is 0 Å². The second-order valence-electron chi connectivity index (χ2n) is 8.52. The summed E-state index contributed by atoms with van der Waals surface area (Å²) in [5.41, 5.74) is 7.74. The summed E-state index contributed by atoms with van der Waals surface area (Å²) in [6.45, 7) is 3.88. The number of nitrogens with two attached hydrogens (primary N) is 1. The van der Waals surface area contributed by atoms with Gasteiger partial charge in [-0.1, -0.05) is 12.1 Å². The highest BCUT2D eigenvalue weighted by Crippen LogP contribution is 2.45. The number of nitrogen functional groups attached to an aromatic ring is 1. The van der Waals surface area contributed by atoms with Crippen LogP contribution in [0.25, 0.3) is 21.9 Å². The molecule has 1 aromatic carbocycles. The van der Waals surface area contributed by atoms with E-state index in [0.717, 1.165) is 32.6 Å². The monoisotopic (exact) mass is 449 g/mol. The van der Waals surface area contributed by atoms with Crippen molar-refractivity contribution < 1.29 is 14.2 Å². The third kappa shape index (κ3) is 3.32. The predicted molar refractivity (Wildman–Crippen MR) is 122 cm³/mol. The smallest absolute Gasteiger partial charge is 0.164 e. The molecular formula is C23H23N5O3S. The quantitative estimate of drug-likeness (QED) is 0.470. The zero-order chi connectivity index (χ0) is 21.9. The molecular weight excluding hydrogens is 426 g/mol. The SMILES string of the molecule is CC1(C)O[C@@H]2[C@H](O1)[C@@H](CSc1ccc3cccnc3c1)O[C@H]2n1ccc2c(N)ncnc21. The maximum Gasteiger partial charge on any atom is 0.164 e. The van der Waals surface area contributed by atoms with Gasteiger partial charge in [0.05, 0.1) is 17.0 Å². The molecule has 32 heavy (non-hydrogen) atoms. The Kier molecular flexibility index (Phi) is 4.62. The van der Waals surface area contributed by atoms with Gasteiger partial charge in [0.25, 0.3) is 0 Å². The zero-order valence-corrected chi connectivity index (χ0v) is 18.5. The molecule has 3 aromatic heterocycles. The Balaban J connectivity index is 1.28. The molecule has 0 radical (unpaired) electrons. The molecule has 0 unspecified atom stereocenters. The first-order valence-electron chi connectivity index (χ1n) is 10.5. The largest absolute Gasteiger partial charge is 0.383 e. The van der Waals surface area contributed by atoms with Gasteiger partial charge in [0, 0.05) is 28.4 Å². The molecule has 2 N–H and O–H groups in total. The molecule has 164 valence electrons. The Morgan fingerprint density at radius 2 is 1.97 bits per heavy atom. The fourth-order valence-electron chi connectivity index (χ4n) is 4.53. The van der Waals surface area contributed by atoms with E-state index in [1.165, 1.54) is 6.33 Å². The van der Waals surface area contributed by atoms with E-state index in [4.69, 9.17) is 19.9 Å². The van der Waals surface area contributed by atoms with Gasteiger partial charge in [0.2, 0.25) is 0 Å². The van der Waals surface area contributed by atoms with Crippen molar-refractivity contribution >= 4 is 39.5 Å². The summed E-state index contributed by atoms with van der Waals surface area (Å²) in [4.78, 5) is 14.1. The number of rotatable bonds is 4. The van der Waals surface area contributed by atoms with E-state index < -0.39 is 5.79 Å². The van der Waals surface area contributed by atoms with Crippen LogP contribution in [0.5, 0.6) is 0 Å². The van der Waals surface area contributed by atoms with Crippen molar-refractivity contribution in [3.63, 3.8) is 0 Å². The summed E-state index contributed by atoms with van der Waals surface area (Å²) in [6, 6.07) is 12.3. The lowest BCUT2D eigenvalue weighted by molar-refractivity contribution is -0.193. The van der Waals surface area contributed by atoms with Crippen molar-refractivity contribution in [1.29, 1.82) is 0 Å². The normalized spacial score (nSPS) is 26.7. The molecule has 0 saturated carbocycles. The number of hydrogen-bond donors (Lipinski definition) is 1. The first-order chi connectivity index (χ1) is 15.5. The van der Waals surface area contributed by atoms with E-state index in [2.05, 4.69) is 39.2 Å². The van der Waals surface area contributed by atoms with E-state index in [-0.39, 0.29) is 24.5 Å². The summed E-state index contributed by atoms with van der Waals surface area (Å²) in [6.07, 6.45) is 4.27. The van der Waals surface area contributed by atoms with Crippen molar-refractivity contribution in [2.75, 3.05) is 11.5 Å². The van der Waals surface area contributed by atoms with Gasteiger partial charge in [-0.3, -0.25) is 4.98 Å². The number of benzene rings is 1. The summed E-state index contributed by atoms with van der Waals surface area (Å²) in [5.74, 6) is 0.500. The number of thioether (sulfide) groups is 1. The van der Waals surface area contributed by atoms with Crippen molar-refractivity contribution in [2.24, 2.45) is 0 Å². The Labute approximate surface area is 189 Å². The average Bonchev–Trinajstić information content (AvgIpc) is 3.44. The molecule has 5 heterocycles. The Morgan fingerprint density at radius 3 is 2.88 bits per heavy atom. The van der Waals surface area contributed by atoms with Gasteiger partial charge >= 0.3 is 0 Å². The first-order valence-corrected chi connectivity index (χ1v) is 11.5. The minimum Gasteiger partial charge on any atom is -0.383 e. The number of hydrogen-bond acceptors (Lipinski definition) is 8. The molecule has 0 amide bonds. The standard InChI is InChI=1S/C23H23N5O3S/c1-23(2)30-18-17(11-32-14-6-5-13-4-3-8-25-16(13)10-14)29-22(19(18)31-23)28-9-7-15-20(24)26-12-27-21(15)28/h3-10,12,17-19,22H,11H2,1-2H3,(H2,24,26,27)/t17-,18-,19-,22-/m1/s1. The van der Waals surface area contributed by atoms with E-state index in [1.54, 1.807) is 11.8 Å². The molecule has 2 fully saturated rings. The Bertz CT molecular complexity index is 1310. The minimum absolute atomic E-state index is 0.146. The zero-order valence-electron chi connectivity index (χ0n) is 17.7. The summed E-state index contributed by atoms with van der Waals surface area (Å²) < 4.78 is 21.0. The number of anilines is 1. The predicted octanol–water partition coefficient (Wildman–Crippen LogP) is 3.77. The van der Waals surface area contributed by atoms with Gasteiger partial charge in [-0.2, -0.15) is 0 Å². The third-order valence-electron chi connectivity index (χ3n) is 5.93. The lowest BCUT2D eigenvalue weighted by Gasteiger charge is -2.25. The van der Waals surface area contributed by atoms with Crippen molar-refractivity contribution in [3.05, 3.63) is 55.1 Å². The minimum atomic E-state index is -0.676. The molecule has 2 saturated heterocycles. The Morgan fingerprint density at radius 1 is 1.09 bits per heavy atom. The molecule has 2 aliphatic heterocycles. The van der Waals surface area contributed by atoms with E-state index in [1.807, 2.05) is 42.9 Å². The van der Waals surface area contributed by atoms with Crippen LogP contribution < -0.4 is 5.73 Å². The van der Waals surface area contributed by atoms with Gasteiger partial charge < -0.3 is 24.5 Å². The second kappa shape index (κ2) is 7.41. The van der Waals surface area contributed by atoms with E-state index in [9.17, 15) is 0 Å². The molecule has 4 aromatic rings. The molecule has 0 bridgehead atoms.